The van der Waals surface area contributed by atoms with E-state index in [1.165, 1.54) is 29.0 Å². The van der Waals surface area contributed by atoms with Crippen LogP contribution in [0.3, 0.4) is 0 Å². The fraction of sp³-hybridized carbons (Fsp3) is 0.261. The number of carbonyl (C=O) groups excluding carboxylic acids is 2. The molecule has 0 aliphatic carbocycles. The van der Waals surface area contributed by atoms with Crippen LogP contribution in [0, 0.1) is 11.6 Å². The van der Waals surface area contributed by atoms with Crippen LogP contribution in [0.2, 0.25) is 0 Å². The average Bonchev–Trinajstić information content (AvgIpc) is 2.83. The first-order valence-electron chi connectivity index (χ1n) is 10.1. The smallest absolute Gasteiger partial charge is 0.273 e. The number of hydrogen-bond donors (Lipinski definition) is 2. The summed E-state index contributed by atoms with van der Waals surface area (Å²) in [5.74, 6) is -3.26. The van der Waals surface area contributed by atoms with Gasteiger partial charge >= 0.3 is 0 Å². The van der Waals surface area contributed by atoms with E-state index in [1.807, 2.05) is 18.2 Å². The van der Waals surface area contributed by atoms with Gasteiger partial charge in [-0.3, -0.25) is 9.59 Å². The largest absolute Gasteiger partial charge is 0.470 e. The van der Waals surface area contributed by atoms with Gasteiger partial charge in [-0.25, -0.2) is 9.38 Å². The molecule has 176 valence electrons. The Morgan fingerprint density at radius 1 is 1.21 bits per heavy atom. The quantitative estimate of drug-likeness (QED) is 0.207. The first-order valence-corrected chi connectivity index (χ1v) is 10.1. The van der Waals surface area contributed by atoms with Crippen LogP contribution in [0.5, 0.6) is 5.75 Å². The van der Waals surface area contributed by atoms with Crippen molar-refractivity contribution in [2.75, 3.05) is 26.9 Å². The van der Waals surface area contributed by atoms with E-state index in [0.29, 0.717) is 12.8 Å². The number of nitrogens with zero attached hydrogens (tertiary/aromatic N) is 3. The molecule has 2 aromatic rings. The summed E-state index contributed by atoms with van der Waals surface area (Å²) in [4.78, 5) is 31.0. The van der Waals surface area contributed by atoms with Crippen molar-refractivity contribution in [3.8, 4) is 5.75 Å². The molecule has 0 unspecified atom stereocenters. The molecule has 2 amide bonds. The van der Waals surface area contributed by atoms with Crippen LogP contribution < -0.4 is 10.1 Å². The molecule has 2 aromatic carbocycles. The first-order chi connectivity index (χ1) is 15.9. The number of carbonyl (C=O) groups is 2. The highest BCUT2D eigenvalue weighted by Crippen LogP contribution is 2.22. The summed E-state index contributed by atoms with van der Waals surface area (Å²) in [5.41, 5.74) is 0.705. The van der Waals surface area contributed by atoms with Crippen LogP contribution in [0.1, 0.15) is 12.0 Å². The molecule has 0 aromatic heterocycles. The lowest BCUT2D eigenvalue weighted by Gasteiger charge is -2.30. The van der Waals surface area contributed by atoms with E-state index in [1.54, 1.807) is 12.1 Å². The van der Waals surface area contributed by atoms with Crippen LogP contribution in [0.25, 0.3) is 0 Å². The number of aliphatic hydroxyl groups excluding tert-OH is 1. The monoisotopic (exact) mass is 460 g/mol. The number of hydrogen-bond acceptors (Lipinski definition) is 6. The number of aliphatic imine (C=N–C) groups is 1. The Hall–Kier alpha value is -3.79. The molecule has 0 aliphatic rings. The van der Waals surface area contributed by atoms with Gasteiger partial charge in [-0.1, -0.05) is 36.4 Å². The Balaban J connectivity index is 2.48. The summed E-state index contributed by atoms with van der Waals surface area (Å²) >= 11 is 0. The molecule has 10 heteroatoms. The summed E-state index contributed by atoms with van der Waals surface area (Å²) in [7, 11) is 1.52. The lowest BCUT2D eigenvalue weighted by atomic mass is 10.2. The van der Waals surface area contributed by atoms with E-state index in [4.69, 9.17) is 9.84 Å². The second-order valence-corrected chi connectivity index (χ2v) is 6.93. The highest BCUT2D eigenvalue weighted by Gasteiger charge is 2.26. The predicted octanol–water partition coefficient (Wildman–Crippen LogP) is 2.26. The van der Waals surface area contributed by atoms with Gasteiger partial charge in [0.15, 0.2) is 24.1 Å². The number of rotatable bonds is 13. The molecule has 0 bridgehead atoms. The number of ether oxygens (including phenoxy) is 1. The van der Waals surface area contributed by atoms with Gasteiger partial charge < -0.3 is 25.0 Å². The van der Waals surface area contributed by atoms with Crippen molar-refractivity contribution >= 4 is 19.0 Å². The van der Waals surface area contributed by atoms with Crippen molar-refractivity contribution in [2.45, 2.75) is 13.0 Å². The van der Waals surface area contributed by atoms with E-state index in [2.05, 4.69) is 17.0 Å². The van der Waals surface area contributed by atoms with Gasteiger partial charge in [0, 0.05) is 26.7 Å². The Labute approximate surface area is 190 Å². The van der Waals surface area contributed by atoms with E-state index >= 15 is 0 Å². The Morgan fingerprint density at radius 3 is 2.58 bits per heavy atom. The van der Waals surface area contributed by atoms with E-state index in [0.717, 1.165) is 11.6 Å². The molecule has 2 rings (SSSR count). The van der Waals surface area contributed by atoms with Gasteiger partial charge in [-0.15, -0.1) is 0 Å². The molecule has 33 heavy (non-hydrogen) atoms. The highest BCUT2D eigenvalue weighted by molar-refractivity contribution is 5.93. The summed E-state index contributed by atoms with van der Waals surface area (Å²) in [6, 6.07) is 12.6. The minimum Gasteiger partial charge on any atom is -0.470 e. The van der Waals surface area contributed by atoms with Gasteiger partial charge in [-0.2, -0.15) is 4.39 Å². The molecule has 0 atom stereocenters. The average molecular weight is 460 g/mol. The molecular formula is C23H26F2N4O4. The second kappa shape index (κ2) is 12.9. The highest BCUT2D eigenvalue weighted by atomic mass is 19.2. The third-order valence-electron chi connectivity index (χ3n) is 4.60. The molecule has 0 saturated heterocycles. The minimum absolute atomic E-state index is 0.0711. The van der Waals surface area contributed by atoms with Crippen LogP contribution in [0.4, 0.5) is 8.78 Å². The van der Waals surface area contributed by atoms with Crippen molar-refractivity contribution < 1.29 is 28.2 Å². The second-order valence-electron chi connectivity index (χ2n) is 6.93. The van der Waals surface area contributed by atoms with Gasteiger partial charge in [0.1, 0.15) is 5.70 Å². The summed E-state index contributed by atoms with van der Waals surface area (Å²) in [6.45, 7) is 3.27. The fourth-order valence-corrected chi connectivity index (χ4v) is 2.96. The number of nitrogens with one attached hydrogen (secondary N) is 1. The van der Waals surface area contributed by atoms with Crippen molar-refractivity contribution in [1.82, 2.24) is 15.1 Å². The molecule has 0 radical (unpaired) electrons. The normalized spacial score (nSPS) is 11.3. The van der Waals surface area contributed by atoms with E-state index in [9.17, 15) is 18.4 Å². The SMILES string of the molecule is C=N/C(NC=O)=C(/C(=O)N(C)CCCO)N(COc1cccc(F)c1F)Cc1ccccc1. The van der Waals surface area contributed by atoms with Crippen molar-refractivity contribution in [3.63, 3.8) is 0 Å². The van der Waals surface area contributed by atoms with Crippen molar-refractivity contribution in [3.05, 3.63) is 77.2 Å². The van der Waals surface area contributed by atoms with Crippen molar-refractivity contribution in [2.24, 2.45) is 4.99 Å². The summed E-state index contributed by atoms with van der Waals surface area (Å²) < 4.78 is 33.3. The maximum Gasteiger partial charge on any atom is 0.273 e. The summed E-state index contributed by atoms with van der Waals surface area (Å²) in [6.07, 6.45) is 0.677. The molecule has 0 heterocycles. The Kier molecular flexibility index (Phi) is 9.97. The first kappa shape index (κ1) is 25.5. The predicted molar refractivity (Wildman–Crippen MR) is 119 cm³/mol. The fourth-order valence-electron chi connectivity index (χ4n) is 2.96. The van der Waals surface area contributed by atoms with Gasteiger partial charge in [0.2, 0.25) is 12.2 Å². The zero-order chi connectivity index (χ0) is 24.2. The number of likely N-dealkylation sites (N-methyl/N-ethyl adjacent to an activating group) is 1. The maximum absolute atomic E-state index is 14.1. The molecule has 2 N–H and O–H groups in total. The van der Waals surface area contributed by atoms with E-state index in [-0.39, 0.29) is 43.7 Å². The molecule has 8 nitrogen and oxygen atoms in total. The number of halogens is 2. The van der Waals surface area contributed by atoms with Gasteiger partial charge in [0.05, 0.1) is 0 Å². The maximum atomic E-state index is 14.1. The number of aliphatic hydroxyl groups is 1. The molecule has 0 aliphatic heterocycles. The zero-order valence-electron chi connectivity index (χ0n) is 18.2. The third-order valence-corrected chi connectivity index (χ3v) is 4.60. The van der Waals surface area contributed by atoms with Crippen molar-refractivity contribution in [1.29, 1.82) is 0 Å². The Morgan fingerprint density at radius 2 is 1.94 bits per heavy atom. The van der Waals surface area contributed by atoms with Crippen LogP contribution in [0.15, 0.2) is 65.0 Å². The topological polar surface area (TPSA) is 94.5 Å². The molecule has 0 saturated carbocycles. The molecular weight excluding hydrogens is 434 g/mol. The van der Waals surface area contributed by atoms with Crippen LogP contribution >= 0.6 is 0 Å². The van der Waals surface area contributed by atoms with Gasteiger partial charge in [0.25, 0.3) is 5.91 Å². The van der Waals surface area contributed by atoms with Crippen LogP contribution in [-0.2, 0) is 16.1 Å². The Bertz CT molecular complexity index is 986. The lowest BCUT2D eigenvalue weighted by Crippen LogP contribution is -2.40. The standard InChI is InChI=1S/C23H26F2N4O4/c1-26-22(27-15-31)21(23(32)28(2)12-7-13-30)29(14-17-8-4-3-5-9-17)16-33-19-11-6-10-18(24)20(19)25/h3-6,8-11,15,30H,1,7,12-14,16H2,2H3,(H,27,31)/b22-21+. The number of amides is 2. The summed E-state index contributed by atoms with van der Waals surface area (Å²) in [5, 5.41) is 11.5. The molecule has 0 spiro atoms. The number of benzene rings is 2. The van der Waals surface area contributed by atoms with E-state index < -0.39 is 17.5 Å². The zero-order valence-corrected chi connectivity index (χ0v) is 18.2. The minimum atomic E-state index is -1.16. The van der Waals surface area contributed by atoms with Gasteiger partial charge in [-0.05, 0) is 30.8 Å². The molecule has 0 fully saturated rings. The third kappa shape index (κ3) is 7.11. The van der Waals surface area contributed by atoms with Crippen LogP contribution in [-0.4, -0.2) is 60.9 Å². The lowest BCUT2D eigenvalue weighted by molar-refractivity contribution is -0.128.